The minimum absolute atomic E-state index is 0.531. The van der Waals surface area contributed by atoms with Crippen LogP contribution in [0.15, 0.2) is 0 Å². The van der Waals surface area contributed by atoms with Gasteiger partial charge in [0.1, 0.15) is 0 Å². The zero-order chi connectivity index (χ0) is 5.98. The van der Waals surface area contributed by atoms with E-state index in [2.05, 4.69) is 30.0 Å². The molecule has 1 saturated heterocycles. The van der Waals surface area contributed by atoms with Gasteiger partial charge in [-0.3, -0.25) is 10.7 Å². The standard InChI is InChI=1S/C5H13N3/c1-4-5(2)8-7-3-6-4/h4-8H,3H2,1-2H3/t4-,5?/m1/s1. The summed E-state index contributed by atoms with van der Waals surface area (Å²) in [5, 5.41) is 3.26. The molecule has 8 heavy (non-hydrogen) atoms. The van der Waals surface area contributed by atoms with Crippen LogP contribution in [0.3, 0.4) is 0 Å². The fourth-order valence-electron chi connectivity index (χ4n) is 0.726. The molecule has 48 valence electrons. The highest BCUT2D eigenvalue weighted by molar-refractivity contribution is 4.75. The largest absolute Gasteiger partial charge is 0.299 e. The van der Waals surface area contributed by atoms with Crippen molar-refractivity contribution in [1.29, 1.82) is 0 Å². The predicted molar refractivity (Wildman–Crippen MR) is 33.2 cm³/mol. The molecule has 1 aliphatic heterocycles. The second-order valence-corrected chi connectivity index (χ2v) is 2.28. The summed E-state index contributed by atoms with van der Waals surface area (Å²) in [6.45, 7) is 5.17. The Bertz CT molecular complexity index is 64.1. The van der Waals surface area contributed by atoms with E-state index in [1.807, 2.05) is 0 Å². The first-order valence-electron chi connectivity index (χ1n) is 3.02. The molecule has 0 bridgehead atoms. The second-order valence-electron chi connectivity index (χ2n) is 2.28. The van der Waals surface area contributed by atoms with Crippen molar-refractivity contribution in [1.82, 2.24) is 16.2 Å². The maximum atomic E-state index is 3.26. The topological polar surface area (TPSA) is 36.1 Å². The maximum Gasteiger partial charge on any atom is 0.0592 e. The minimum Gasteiger partial charge on any atom is -0.299 e. The molecule has 3 nitrogen and oxygen atoms in total. The smallest absolute Gasteiger partial charge is 0.0592 e. The molecule has 2 atom stereocenters. The van der Waals surface area contributed by atoms with Gasteiger partial charge in [-0.2, -0.15) is 0 Å². The third-order valence-corrected chi connectivity index (χ3v) is 1.59. The summed E-state index contributed by atoms with van der Waals surface area (Å²) >= 11 is 0. The van der Waals surface area contributed by atoms with Crippen LogP contribution in [-0.2, 0) is 0 Å². The van der Waals surface area contributed by atoms with Crippen molar-refractivity contribution >= 4 is 0 Å². The molecule has 3 N–H and O–H groups in total. The van der Waals surface area contributed by atoms with Crippen molar-refractivity contribution in [2.75, 3.05) is 6.67 Å². The van der Waals surface area contributed by atoms with Gasteiger partial charge in [-0.1, -0.05) is 0 Å². The number of rotatable bonds is 0. The molecule has 0 aromatic carbocycles. The second kappa shape index (κ2) is 2.44. The van der Waals surface area contributed by atoms with Crippen molar-refractivity contribution < 1.29 is 0 Å². The molecule has 1 aliphatic rings. The first-order chi connectivity index (χ1) is 3.80. The zero-order valence-corrected chi connectivity index (χ0v) is 5.36. The Morgan fingerprint density at radius 1 is 1.25 bits per heavy atom. The summed E-state index contributed by atoms with van der Waals surface area (Å²) in [6.07, 6.45) is 0. The molecular formula is C5H13N3. The van der Waals surface area contributed by atoms with Gasteiger partial charge >= 0.3 is 0 Å². The summed E-state index contributed by atoms with van der Waals surface area (Å²) < 4.78 is 0. The van der Waals surface area contributed by atoms with E-state index in [1.54, 1.807) is 0 Å². The Labute approximate surface area is 49.8 Å². The van der Waals surface area contributed by atoms with Crippen molar-refractivity contribution in [3.05, 3.63) is 0 Å². The summed E-state index contributed by atoms with van der Waals surface area (Å²) in [7, 11) is 0. The van der Waals surface area contributed by atoms with E-state index in [1.165, 1.54) is 0 Å². The van der Waals surface area contributed by atoms with Crippen LogP contribution in [0.4, 0.5) is 0 Å². The van der Waals surface area contributed by atoms with Crippen molar-refractivity contribution in [3.63, 3.8) is 0 Å². The first-order valence-corrected chi connectivity index (χ1v) is 3.02. The van der Waals surface area contributed by atoms with Crippen LogP contribution in [0.2, 0.25) is 0 Å². The van der Waals surface area contributed by atoms with Gasteiger partial charge in [0.2, 0.25) is 0 Å². The predicted octanol–water partition coefficient (Wildman–Crippen LogP) is -0.582. The van der Waals surface area contributed by atoms with Gasteiger partial charge < -0.3 is 0 Å². The van der Waals surface area contributed by atoms with E-state index >= 15 is 0 Å². The summed E-state index contributed by atoms with van der Waals surface area (Å²) in [6, 6.07) is 1.11. The molecule has 1 unspecified atom stereocenters. The molecular weight excluding hydrogens is 102 g/mol. The van der Waals surface area contributed by atoms with Crippen LogP contribution in [-0.4, -0.2) is 18.8 Å². The third-order valence-electron chi connectivity index (χ3n) is 1.59. The molecule has 0 radical (unpaired) electrons. The van der Waals surface area contributed by atoms with Crippen LogP contribution in [0.5, 0.6) is 0 Å². The lowest BCUT2D eigenvalue weighted by Crippen LogP contribution is -2.59. The van der Waals surface area contributed by atoms with Gasteiger partial charge in [0.05, 0.1) is 6.67 Å². The number of hydrazine groups is 1. The monoisotopic (exact) mass is 115 g/mol. The molecule has 0 amide bonds. The molecule has 0 aromatic heterocycles. The number of nitrogens with one attached hydrogen (secondary N) is 3. The molecule has 0 spiro atoms. The molecule has 1 rings (SSSR count). The van der Waals surface area contributed by atoms with E-state index in [4.69, 9.17) is 0 Å². The Kier molecular flexibility index (Phi) is 1.83. The van der Waals surface area contributed by atoms with Gasteiger partial charge in [0, 0.05) is 12.1 Å². The van der Waals surface area contributed by atoms with E-state index in [-0.39, 0.29) is 0 Å². The lowest BCUT2D eigenvalue weighted by atomic mass is 10.2. The van der Waals surface area contributed by atoms with Gasteiger partial charge in [0.15, 0.2) is 0 Å². The normalized spacial score (nSPS) is 39.8. The highest BCUT2D eigenvalue weighted by Crippen LogP contribution is 1.91. The van der Waals surface area contributed by atoms with E-state index in [0.717, 1.165) is 6.67 Å². The lowest BCUT2D eigenvalue weighted by molar-refractivity contribution is 0.289. The van der Waals surface area contributed by atoms with Crippen molar-refractivity contribution in [2.45, 2.75) is 25.9 Å². The van der Waals surface area contributed by atoms with Crippen molar-refractivity contribution in [2.24, 2.45) is 0 Å². The SMILES string of the molecule is CC1NNCN[C@@H]1C. The minimum atomic E-state index is 0.531. The fraction of sp³-hybridized carbons (Fsp3) is 1.00. The van der Waals surface area contributed by atoms with Gasteiger partial charge in [-0.25, -0.2) is 5.43 Å². The van der Waals surface area contributed by atoms with Crippen LogP contribution >= 0.6 is 0 Å². The molecule has 1 heterocycles. The Morgan fingerprint density at radius 3 is 2.38 bits per heavy atom. The van der Waals surface area contributed by atoms with E-state index in [9.17, 15) is 0 Å². The van der Waals surface area contributed by atoms with Gasteiger partial charge in [0.25, 0.3) is 0 Å². The van der Waals surface area contributed by atoms with Gasteiger partial charge in [-0.05, 0) is 13.8 Å². The third kappa shape index (κ3) is 1.18. The highest BCUT2D eigenvalue weighted by atomic mass is 15.4. The number of hydrogen-bond acceptors (Lipinski definition) is 3. The summed E-state index contributed by atoms with van der Waals surface area (Å²) in [5.41, 5.74) is 6.12. The summed E-state index contributed by atoms with van der Waals surface area (Å²) in [5.74, 6) is 0. The molecule has 0 aliphatic carbocycles. The molecule has 1 fully saturated rings. The molecule has 3 heteroatoms. The quantitative estimate of drug-likeness (QED) is 0.395. The van der Waals surface area contributed by atoms with Gasteiger partial charge in [-0.15, -0.1) is 0 Å². The van der Waals surface area contributed by atoms with Crippen LogP contribution in [0.1, 0.15) is 13.8 Å². The van der Waals surface area contributed by atoms with Crippen LogP contribution < -0.4 is 16.2 Å². The van der Waals surface area contributed by atoms with E-state index < -0.39 is 0 Å². The Hall–Kier alpha value is -0.120. The molecule has 0 aromatic rings. The lowest BCUT2D eigenvalue weighted by Gasteiger charge is -2.28. The molecule has 0 saturated carbocycles. The zero-order valence-electron chi connectivity index (χ0n) is 5.36. The first kappa shape index (κ1) is 6.01. The average molecular weight is 115 g/mol. The fourth-order valence-corrected chi connectivity index (χ4v) is 0.726. The van der Waals surface area contributed by atoms with Crippen LogP contribution in [0.25, 0.3) is 0 Å². The van der Waals surface area contributed by atoms with Crippen molar-refractivity contribution in [3.8, 4) is 0 Å². The van der Waals surface area contributed by atoms with E-state index in [0.29, 0.717) is 12.1 Å². The average Bonchev–Trinajstić information content (AvgIpc) is 1.77. The highest BCUT2D eigenvalue weighted by Gasteiger charge is 2.13. The Morgan fingerprint density at radius 2 is 2.00 bits per heavy atom. The Balaban J connectivity index is 2.28. The van der Waals surface area contributed by atoms with Crippen LogP contribution in [0, 0.1) is 0 Å². The summed E-state index contributed by atoms with van der Waals surface area (Å²) in [4.78, 5) is 0. The maximum absolute atomic E-state index is 3.26. The number of hydrogen-bond donors (Lipinski definition) is 3.